The smallest absolute Gasteiger partial charge is 0.240 e. The highest BCUT2D eigenvalue weighted by Gasteiger charge is 2.31. The molecule has 0 spiro atoms. The van der Waals surface area contributed by atoms with Crippen LogP contribution in [0.2, 0.25) is 0 Å². The highest BCUT2D eigenvalue weighted by atomic mass is 32.2. The maximum Gasteiger partial charge on any atom is 0.240 e. The van der Waals surface area contributed by atoms with Crippen molar-refractivity contribution in [3.05, 3.63) is 18.1 Å². The van der Waals surface area contributed by atoms with Crippen molar-refractivity contribution in [1.29, 1.82) is 0 Å². The van der Waals surface area contributed by atoms with Crippen LogP contribution in [0.4, 0.5) is 11.8 Å². The van der Waals surface area contributed by atoms with E-state index in [0.717, 1.165) is 48.7 Å². The van der Waals surface area contributed by atoms with Crippen LogP contribution in [0.3, 0.4) is 0 Å². The molecule has 0 amide bonds. The molecule has 31 heavy (non-hydrogen) atoms. The minimum Gasteiger partial charge on any atom is -0.366 e. The number of aromatic nitrogens is 6. The predicted molar refractivity (Wildman–Crippen MR) is 117 cm³/mol. The molecule has 2 aliphatic heterocycles. The van der Waals surface area contributed by atoms with Crippen LogP contribution in [-0.2, 0) is 10.0 Å². The first-order valence-electron chi connectivity index (χ1n) is 10.7. The Hall–Kier alpha value is -2.73. The highest BCUT2D eigenvalue weighted by molar-refractivity contribution is 7.88. The molecule has 3 N–H and O–H groups in total. The van der Waals surface area contributed by atoms with Crippen LogP contribution in [0.5, 0.6) is 0 Å². The number of aromatic amines is 1. The van der Waals surface area contributed by atoms with Crippen LogP contribution < -0.4 is 10.6 Å². The van der Waals surface area contributed by atoms with E-state index in [0.29, 0.717) is 31.6 Å². The number of piperidine rings is 2. The van der Waals surface area contributed by atoms with Crippen molar-refractivity contribution in [2.45, 2.75) is 38.0 Å². The first-order valence-corrected chi connectivity index (χ1v) is 12.5. The summed E-state index contributed by atoms with van der Waals surface area (Å²) in [5.74, 6) is 1.17. The van der Waals surface area contributed by atoms with E-state index in [1.807, 2.05) is 10.7 Å². The van der Waals surface area contributed by atoms with Crippen LogP contribution >= 0.6 is 0 Å². The molecule has 0 saturated carbocycles. The summed E-state index contributed by atoms with van der Waals surface area (Å²) in [6.45, 7) is 2.78. The molecule has 0 radical (unpaired) electrons. The highest BCUT2D eigenvalue weighted by Crippen LogP contribution is 2.37. The number of nitrogens with one attached hydrogen (secondary N) is 1. The zero-order valence-electron chi connectivity index (χ0n) is 17.5. The number of nitrogens with zero attached hydrogens (tertiary/aromatic N) is 7. The lowest BCUT2D eigenvalue weighted by atomic mass is 9.94. The van der Waals surface area contributed by atoms with Crippen molar-refractivity contribution in [1.82, 2.24) is 34.1 Å². The van der Waals surface area contributed by atoms with Gasteiger partial charge in [-0.1, -0.05) is 0 Å². The number of H-pyrrole nitrogens is 1. The summed E-state index contributed by atoms with van der Waals surface area (Å²) in [6.07, 6.45) is 9.64. The first kappa shape index (κ1) is 20.2. The van der Waals surface area contributed by atoms with Gasteiger partial charge in [0.05, 0.1) is 18.1 Å². The van der Waals surface area contributed by atoms with Crippen LogP contribution in [0.15, 0.2) is 12.4 Å². The molecule has 3 aromatic rings. The second-order valence-electron chi connectivity index (χ2n) is 8.35. The van der Waals surface area contributed by atoms with E-state index in [2.05, 4.69) is 25.2 Å². The zero-order chi connectivity index (χ0) is 21.6. The number of hydrogen-bond acceptors (Lipinski definition) is 8. The van der Waals surface area contributed by atoms with E-state index < -0.39 is 10.0 Å². The third kappa shape index (κ3) is 3.74. The molecule has 0 bridgehead atoms. The standard InChI is InChI=1S/C19H27N9O2S/c1-31(29,30)27-9-5-13(6-10-27)15-17-24-19(20)25-28(17)18(26-7-3-2-4-8-26)16(23-15)14-11-21-22-12-14/h11-13H,2-10H2,1H3,(H2,20,25)(H,21,22). The van der Waals surface area contributed by atoms with Gasteiger partial charge in [-0.3, -0.25) is 5.10 Å². The lowest BCUT2D eigenvalue weighted by Crippen LogP contribution is -2.37. The van der Waals surface area contributed by atoms with Crippen molar-refractivity contribution in [2.24, 2.45) is 0 Å². The van der Waals surface area contributed by atoms with E-state index in [4.69, 9.17) is 10.7 Å². The van der Waals surface area contributed by atoms with Crippen molar-refractivity contribution >= 4 is 27.4 Å². The van der Waals surface area contributed by atoms with Gasteiger partial charge in [-0.05, 0) is 32.1 Å². The SMILES string of the molecule is CS(=O)(=O)N1CCC(c2nc(-c3cn[nH]c3)c(N3CCCCC3)n3nc(N)nc23)CC1. The Bertz CT molecular complexity index is 1170. The van der Waals surface area contributed by atoms with E-state index in [-0.39, 0.29) is 11.9 Å². The Kier molecular flexibility index (Phi) is 5.05. The maximum absolute atomic E-state index is 11.9. The normalized spacial score (nSPS) is 19.3. The summed E-state index contributed by atoms with van der Waals surface area (Å²) in [6, 6.07) is 0. The minimum atomic E-state index is -3.19. The average molecular weight is 446 g/mol. The average Bonchev–Trinajstić information content (AvgIpc) is 3.42. The molecule has 0 aliphatic carbocycles. The zero-order valence-corrected chi connectivity index (χ0v) is 18.3. The summed E-state index contributed by atoms with van der Waals surface area (Å²) >= 11 is 0. The second kappa shape index (κ2) is 7.75. The topological polar surface area (TPSA) is 138 Å². The molecule has 5 heterocycles. The minimum absolute atomic E-state index is 0.0742. The Labute approximate surface area is 180 Å². The third-order valence-corrected chi connectivity index (χ3v) is 7.54. The number of hydrogen-bond donors (Lipinski definition) is 2. The molecular weight excluding hydrogens is 418 g/mol. The summed E-state index contributed by atoms with van der Waals surface area (Å²) in [5, 5.41) is 11.5. The monoisotopic (exact) mass is 445 g/mol. The summed E-state index contributed by atoms with van der Waals surface area (Å²) in [5.41, 5.74) is 9.19. The number of nitrogens with two attached hydrogens (primary N) is 1. The van der Waals surface area contributed by atoms with Crippen molar-refractivity contribution in [3.8, 4) is 11.3 Å². The maximum atomic E-state index is 11.9. The van der Waals surface area contributed by atoms with Crippen LogP contribution in [0, 0.1) is 0 Å². The first-order chi connectivity index (χ1) is 14.9. The van der Waals surface area contributed by atoms with Crippen molar-refractivity contribution in [3.63, 3.8) is 0 Å². The fraction of sp³-hybridized carbons (Fsp3) is 0.579. The summed E-state index contributed by atoms with van der Waals surface area (Å²) in [4.78, 5) is 11.9. The van der Waals surface area contributed by atoms with Gasteiger partial charge in [-0.15, -0.1) is 5.10 Å². The van der Waals surface area contributed by atoms with E-state index in [1.165, 1.54) is 17.0 Å². The number of fused-ring (bicyclic) bond motifs is 1. The van der Waals surface area contributed by atoms with Crippen molar-refractivity contribution in [2.75, 3.05) is 43.1 Å². The van der Waals surface area contributed by atoms with Gasteiger partial charge in [0.2, 0.25) is 16.0 Å². The molecule has 5 rings (SSSR count). The lowest BCUT2D eigenvalue weighted by Gasteiger charge is -2.32. The van der Waals surface area contributed by atoms with Gasteiger partial charge in [0.15, 0.2) is 11.5 Å². The molecule has 0 unspecified atom stereocenters. The molecule has 2 fully saturated rings. The largest absolute Gasteiger partial charge is 0.366 e. The fourth-order valence-corrected chi connectivity index (χ4v) is 5.53. The Balaban J connectivity index is 1.63. The lowest BCUT2D eigenvalue weighted by molar-refractivity contribution is 0.319. The number of anilines is 2. The Morgan fingerprint density at radius 2 is 1.84 bits per heavy atom. The second-order valence-corrected chi connectivity index (χ2v) is 10.3. The molecular formula is C19H27N9O2S. The number of nitrogen functional groups attached to an aromatic ring is 1. The van der Waals surface area contributed by atoms with Crippen LogP contribution in [0.25, 0.3) is 16.9 Å². The van der Waals surface area contributed by atoms with Gasteiger partial charge in [-0.25, -0.2) is 17.7 Å². The van der Waals surface area contributed by atoms with E-state index in [9.17, 15) is 8.42 Å². The third-order valence-electron chi connectivity index (χ3n) is 6.23. The van der Waals surface area contributed by atoms with Crippen LogP contribution in [-0.4, -0.2) is 74.9 Å². The van der Waals surface area contributed by atoms with Gasteiger partial charge in [0, 0.05) is 43.9 Å². The molecule has 11 nitrogen and oxygen atoms in total. The molecule has 12 heteroatoms. The molecule has 2 aliphatic rings. The predicted octanol–water partition coefficient (Wildman–Crippen LogP) is 1.23. The van der Waals surface area contributed by atoms with Gasteiger partial charge in [-0.2, -0.15) is 14.6 Å². The molecule has 166 valence electrons. The van der Waals surface area contributed by atoms with Crippen LogP contribution in [0.1, 0.15) is 43.7 Å². The molecule has 0 aromatic carbocycles. The van der Waals surface area contributed by atoms with Gasteiger partial charge in [0.25, 0.3) is 0 Å². The number of sulfonamides is 1. The van der Waals surface area contributed by atoms with E-state index in [1.54, 1.807) is 6.20 Å². The summed E-state index contributed by atoms with van der Waals surface area (Å²) in [7, 11) is -3.19. The van der Waals surface area contributed by atoms with Gasteiger partial charge < -0.3 is 10.6 Å². The molecule has 2 saturated heterocycles. The van der Waals surface area contributed by atoms with E-state index >= 15 is 0 Å². The Morgan fingerprint density at radius 1 is 1.10 bits per heavy atom. The Morgan fingerprint density at radius 3 is 2.48 bits per heavy atom. The fourth-order valence-electron chi connectivity index (χ4n) is 4.66. The summed E-state index contributed by atoms with van der Waals surface area (Å²) < 4.78 is 27.2. The van der Waals surface area contributed by atoms with Gasteiger partial charge >= 0.3 is 0 Å². The number of rotatable bonds is 4. The molecule has 0 atom stereocenters. The van der Waals surface area contributed by atoms with Crippen molar-refractivity contribution < 1.29 is 8.42 Å². The quantitative estimate of drug-likeness (QED) is 0.611. The molecule has 3 aromatic heterocycles. The van der Waals surface area contributed by atoms with Gasteiger partial charge in [0.1, 0.15) is 5.69 Å².